The fraction of sp³-hybridized carbons (Fsp3) is 0. The van der Waals surface area contributed by atoms with Gasteiger partial charge in [-0.1, -0.05) is 72.8 Å². The Morgan fingerprint density at radius 3 is 0.710 bits per heavy atom. The van der Waals surface area contributed by atoms with Crippen molar-refractivity contribution in [2.75, 3.05) is 22.9 Å². The summed E-state index contributed by atoms with van der Waals surface area (Å²) >= 11 is -0.750. The van der Waals surface area contributed by atoms with Gasteiger partial charge < -0.3 is 22.9 Å². The highest BCUT2D eigenvalue weighted by atomic mass is 32.1. The summed E-state index contributed by atoms with van der Waals surface area (Å²) in [6.07, 6.45) is 0. The van der Waals surface area contributed by atoms with Gasteiger partial charge in [0.2, 0.25) is 0 Å². The highest BCUT2D eigenvalue weighted by molar-refractivity contribution is 7.51. The number of para-hydroxylation sites is 4. The smallest absolute Gasteiger partial charge is 0.335 e. The fourth-order valence-corrected chi connectivity index (χ4v) is 2.97. The standard InChI is InChI=1S/2C12H12N2.O2S/c2*13-11-7-3-1-5-9(11)10-6-2-4-8-12(10)14;1-3-2/h2*1-8H,13-14H2;. The Morgan fingerprint density at radius 2 is 0.548 bits per heavy atom. The van der Waals surface area contributed by atoms with Crippen molar-refractivity contribution >= 4 is 34.3 Å². The monoisotopic (exact) mass is 432 g/mol. The second-order valence-electron chi connectivity index (χ2n) is 6.42. The molecule has 0 saturated carbocycles. The predicted octanol–water partition coefficient (Wildman–Crippen LogP) is 4.37. The lowest BCUT2D eigenvalue weighted by molar-refractivity contribution is 0.630. The summed E-state index contributed by atoms with van der Waals surface area (Å²) in [5, 5.41) is 0. The molecular weight excluding hydrogens is 408 g/mol. The highest BCUT2D eigenvalue weighted by Crippen LogP contribution is 2.30. The number of hydrogen-bond acceptors (Lipinski definition) is 6. The summed E-state index contributed by atoms with van der Waals surface area (Å²) in [4.78, 5) is 0. The number of nitrogen functional groups attached to an aromatic ring is 4. The van der Waals surface area contributed by atoms with Crippen LogP contribution in [-0.2, 0) is 11.6 Å². The molecule has 0 heterocycles. The van der Waals surface area contributed by atoms with Crippen molar-refractivity contribution in [3.05, 3.63) is 97.1 Å². The molecule has 0 amide bonds. The molecule has 0 fully saturated rings. The molecule has 0 aliphatic rings. The largest absolute Gasteiger partial charge is 0.398 e. The second-order valence-corrected chi connectivity index (χ2v) is 6.55. The summed E-state index contributed by atoms with van der Waals surface area (Å²) in [5.41, 5.74) is 30.4. The quantitative estimate of drug-likeness (QED) is 0.347. The Labute approximate surface area is 185 Å². The van der Waals surface area contributed by atoms with Gasteiger partial charge in [0.25, 0.3) is 0 Å². The van der Waals surface area contributed by atoms with E-state index in [2.05, 4.69) is 0 Å². The van der Waals surface area contributed by atoms with Crippen molar-refractivity contribution < 1.29 is 8.42 Å². The molecule has 158 valence electrons. The van der Waals surface area contributed by atoms with Gasteiger partial charge in [0.1, 0.15) is 0 Å². The maximum Gasteiger partial charge on any atom is 0.335 e. The third-order valence-corrected chi connectivity index (χ3v) is 4.42. The molecule has 0 atom stereocenters. The normalized spacial score (nSPS) is 9.42. The summed E-state index contributed by atoms with van der Waals surface area (Å²) in [5.74, 6) is 0. The molecule has 0 unspecified atom stereocenters. The summed E-state index contributed by atoms with van der Waals surface area (Å²) in [6, 6.07) is 30.9. The van der Waals surface area contributed by atoms with Gasteiger partial charge in [-0.2, -0.15) is 8.42 Å². The first-order chi connectivity index (χ1) is 15.0. The summed E-state index contributed by atoms with van der Waals surface area (Å²) in [6.45, 7) is 0. The Kier molecular flexibility index (Phi) is 8.82. The SMILES string of the molecule is Nc1ccccc1-c1ccccc1N.Nc1ccccc1-c1ccccc1N.O=S=O. The number of nitrogens with two attached hydrogens (primary N) is 4. The zero-order valence-electron chi connectivity index (χ0n) is 16.8. The number of hydrogen-bond donors (Lipinski definition) is 4. The molecule has 7 heteroatoms. The van der Waals surface area contributed by atoms with Crippen LogP contribution in [0.1, 0.15) is 0 Å². The average Bonchev–Trinajstić information content (AvgIpc) is 2.77. The van der Waals surface area contributed by atoms with E-state index in [9.17, 15) is 0 Å². The first-order valence-corrected chi connectivity index (χ1v) is 9.96. The molecule has 8 N–H and O–H groups in total. The van der Waals surface area contributed by atoms with E-state index < -0.39 is 11.6 Å². The predicted molar refractivity (Wildman–Crippen MR) is 130 cm³/mol. The lowest BCUT2D eigenvalue weighted by Gasteiger charge is -2.07. The van der Waals surface area contributed by atoms with Gasteiger partial charge >= 0.3 is 11.6 Å². The minimum Gasteiger partial charge on any atom is -0.398 e. The van der Waals surface area contributed by atoms with Crippen molar-refractivity contribution in [1.82, 2.24) is 0 Å². The number of benzene rings is 4. The van der Waals surface area contributed by atoms with Gasteiger partial charge in [-0.25, -0.2) is 0 Å². The van der Waals surface area contributed by atoms with E-state index in [4.69, 9.17) is 31.4 Å². The van der Waals surface area contributed by atoms with Crippen LogP contribution in [-0.4, -0.2) is 8.42 Å². The van der Waals surface area contributed by atoms with Crippen molar-refractivity contribution in [1.29, 1.82) is 0 Å². The lowest BCUT2D eigenvalue weighted by Crippen LogP contribution is -1.93. The Balaban J connectivity index is 0.000000196. The van der Waals surface area contributed by atoms with Gasteiger partial charge in [0.05, 0.1) is 0 Å². The summed E-state index contributed by atoms with van der Waals surface area (Å²) < 4.78 is 16.6. The molecule has 0 aromatic heterocycles. The molecule has 6 nitrogen and oxygen atoms in total. The molecule has 0 spiro atoms. The molecule has 0 radical (unpaired) electrons. The molecular formula is C24H24N4O2S. The highest BCUT2D eigenvalue weighted by Gasteiger charge is 2.04. The van der Waals surface area contributed by atoms with Crippen LogP contribution < -0.4 is 22.9 Å². The fourth-order valence-electron chi connectivity index (χ4n) is 2.97. The maximum atomic E-state index is 8.29. The lowest BCUT2D eigenvalue weighted by atomic mass is 10.0. The number of anilines is 4. The van der Waals surface area contributed by atoms with Crippen molar-refractivity contribution in [2.24, 2.45) is 0 Å². The third-order valence-electron chi connectivity index (χ3n) is 4.42. The van der Waals surface area contributed by atoms with E-state index in [0.29, 0.717) is 0 Å². The first kappa shape index (κ1) is 23.2. The van der Waals surface area contributed by atoms with E-state index in [1.807, 2.05) is 97.1 Å². The molecule has 0 saturated heterocycles. The molecule has 0 bridgehead atoms. The maximum absolute atomic E-state index is 8.29. The Bertz CT molecular complexity index is 1000. The van der Waals surface area contributed by atoms with Crippen molar-refractivity contribution in [2.45, 2.75) is 0 Å². The number of rotatable bonds is 2. The van der Waals surface area contributed by atoms with Crippen LogP contribution in [0.25, 0.3) is 22.3 Å². The van der Waals surface area contributed by atoms with Crippen LogP contribution in [0.5, 0.6) is 0 Å². The van der Waals surface area contributed by atoms with Crippen LogP contribution in [0.3, 0.4) is 0 Å². The van der Waals surface area contributed by atoms with E-state index >= 15 is 0 Å². The second kappa shape index (κ2) is 11.8. The minimum absolute atomic E-state index is 0.750. The van der Waals surface area contributed by atoms with E-state index in [1.165, 1.54) is 0 Å². The van der Waals surface area contributed by atoms with Crippen molar-refractivity contribution in [3.8, 4) is 22.3 Å². The Morgan fingerprint density at radius 1 is 0.387 bits per heavy atom. The molecule has 4 rings (SSSR count). The van der Waals surface area contributed by atoms with Crippen LogP contribution in [0.2, 0.25) is 0 Å². The van der Waals surface area contributed by atoms with Crippen molar-refractivity contribution in [3.63, 3.8) is 0 Å². The molecule has 4 aromatic carbocycles. The molecule has 31 heavy (non-hydrogen) atoms. The molecule has 0 aliphatic heterocycles. The van der Waals surface area contributed by atoms with E-state index in [1.54, 1.807) is 0 Å². The van der Waals surface area contributed by atoms with Crippen LogP contribution in [0, 0.1) is 0 Å². The summed E-state index contributed by atoms with van der Waals surface area (Å²) in [7, 11) is 0. The van der Waals surface area contributed by atoms with E-state index in [-0.39, 0.29) is 0 Å². The van der Waals surface area contributed by atoms with E-state index in [0.717, 1.165) is 45.0 Å². The minimum atomic E-state index is -0.750. The van der Waals surface area contributed by atoms with Gasteiger partial charge in [-0.15, -0.1) is 0 Å². The van der Waals surface area contributed by atoms with Crippen LogP contribution >= 0.6 is 0 Å². The zero-order chi connectivity index (χ0) is 22.6. The third kappa shape index (κ3) is 6.45. The van der Waals surface area contributed by atoms with Gasteiger partial charge in [-0.05, 0) is 24.3 Å². The molecule has 0 aliphatic carbocycles. The van der Waals surface area contributed by atoms with Crippen LogP contribution in [0.15, 0.2) is 97.1 Å². The average molecular weight is 433 g/mol. The first-order valence-electron chi connectivity index (χ1n) is 9.30. The molecule has 4 aromatic rings. The van der Waals surface area contributed by atoms with Gasteiger partial charge in [-0.3, -0.25) is 0 Å². The van der Waals surface area contributed by atoms with Gasteiger partial charge in [0, 0.05) is 45.0 Å². The van der Waals surface area contributed by atoms with Crippen LogP contribution in [0.4, 0.5) is 22.7 Å². The Hall–Kier alpha value is -4.10. The zero-order valence-corrected chi connectivity index (χ0v) is 17.6. The topological polar surface area (TPSA) is 138 Å². The van der Waals surface area contributed by atoms with Gasteiger partial charge in [0.15, 0.2) is 0 Å².